The average Bonchev–Trinajstić information content (AvgIpc) is 2.04. The Kier molecular flexibility index (Phi) is 3.31. The molecule has 3 nitrogen and oxygen atoms in total. The number of amides is 1. The van der Waals surface area contributed by atoms with Crippen molar-refractivity contribution in [2.75, 3.05) is 5.32 Å². The second kappa shape index (κ2) is 4.50. The number of hydrogen-bond donors (Lipinski definition) is 1. The molecule has 13 heavy (non-hydrogen) atoms. The molecule has 1 rings (SSSR count). The highest BCUT2D eigenvalue weighted by atomic mass is 16.6. The van der Waals surface area contributed by atoms with Crippen LogP contribution in [0.5, 0.6) is 0 Å². The summed E-state index contributed by atoms with van der Waals surface area (Å²) in [6.07, 6.45) is 0.166. The van der Waals surface area contributed by atoms with Crippen molar-refractivity contribution in [1.82, 2.24) is 0 Å². The van der Waals surface area contributed by atoms with Gasteiger partial charge in [0.1, 0.15) is 6.10 Å². The predicted octanol–water partition coefficient (Wildman–Crippen LogP) is 2.81. The Balaban J connectivity index is 2.46. The van der Waals surface area contributed by atoms with E-state index in [1.807, 2.05) is 18.2 Å². The number of carbonyl (C=O) groups excluding carboxylic acids is 1. The first-order valence-electron chi connectivity index (χ1n) is 4.02. The second-order valence-corrected chi connectivity index (χ2v) is 2.79. The van der Waals surface area contributed by atoms with Gasteiger partial charge in [-0.25, -0.2) is 4.79 Å². The molecule has 3 heteroatoms. The first-order valence-corrected chi connectivity index (χ1v) is 4.02. The zero-order chi connectivity index (χ0) is 9.68. The van der Waals surface area contributed by atoms with Gasteiger partial charge >= 0.3 is 6.09 Å². The van der Waals surface area contributed by atoms with Crippen LogP contribution in [0, 0.1) is 6.10 Å². The molecule has 1 N–H and O–H groups in total. The van der Waals surface area contributed by atoms with E-state index in [9.17, 15) is 4.79 Å². The van der Waals surface area contributed by atoms with Gasteiger partial charge in [-0.3, -0.25) is 5.32 Å². The van der Waals surface area contributed by atoms with Gasteiger partial charge < -0.3 is 4.74 Å². The van der Waals surface area contributed by atoms with Crippen LogP contribution in [-0.4, -0.2) is 6.09 Å². The van der Waals surface area contributed by atoms with Crippen LogP contribution < -0.4 is 5.32 Å². The molecule has 1 aromatic carbocycles. The van der Waals surface area contributed by atoms with Crippen LogP contribution in [0.2, 0.25) is 0 Å². The monoisotopic (exact) mass is 178 g/mol. The van der Waals surface area contributed by atoms with Crippen molar-refractivity contribution in [3.8, 4) is 0 Å². The average molecular weight is 178 g/mol. The van der Waals surface area contributed by atoms with Crippen molar-refractivity contribution >= 4 is 11.8 Å². The molecule has 69 valence electrons. The number of hydrogen-bond acceptors (Lipinski definition) is 2. The number of nitrogens with one attached hydrogen (secondary N) is 1. The summed E-state index contributed by atoms with van der Waals surface area (Å²) in [6.45, 7) is 3.45. The molecule has 0 aliphatic heterocycles. The van der Waals surface area contributed by atoms with Crippen molar-refractivity contribution < 1.29 is 9.53 Å². The summed E-state index contributed by atoms with van der Waals surface area (Å²) in [7, 11) is 0. The zero-order valence-corrected chi connectivity index (χ0v) is 7.70. The molecule has 0 aliphatic carbocycles. The van der Waals surface area contributed by atoms with E-state index in [1.165, 1.54) is 0 Å². The summed E-state index contributed by atoms with van der Waals surface area (Å²) >= 11 is 0. The van der Waals surface area contributed by atoms with Crippen LogP contribution >= 0.6 is 0 Å². The minimum Gasteiger partial charge on any atom is -0.439 e. The van der Waals surface area contributed by atoms with Crippen LogP contribution in [0.1, 0.15) is 13.8 Å². The molecular weight excluding hydrogens is 166 g/mol. The lowest BCUT2D eigenvalue weighted by atomic mass is 10.3. The van der Waals surface area contributed by atoms with E-state index in [1.54, 1.807) is 26.0 Å². The Labute approximate surface area is 77.7 Å². The van der Waals surface area contributed by atoms with Gasteiger partial charge in [0.2, 0.25) is 0 Å². The standard InChI is InChI=1S/C10H12NO2/c1-8(2)13-10(12)11-9-6-4-3-5-7-9/h3-7H,1-2H3,(H,11,12). The molecule has 0 saturated heterocycles. The van der Waals surface area contributed by atoms with Crippen molar-refractivity contribution in [3.05, 3.63) is 36.4 Å². The Hall–Kier alpha value is -1.51. The smallest absolute Gasteiger partial charge is 0.412 e. The lowest BCUT2D eigenvalue weighted by Gasteiger charge is -2.07. The maximum Gasteiger partial charge on any atom is 0.412 e. The molecule has 0 bridgehead atoms. The predicted molar refractivity (Wildman–Crippen MR) is 51.1 cm³/mol. The van der Waals surface area contributed by atoms with E-state index >= 15 is 0 Å². The van der Waals surface area contributed by atoms with E-state index < -0.39 is 6.09 Å². The fraction of sp³-hybridized carbons (Fsp3) is 0.200. The minimum absolute atomic E-state index is 0.453. The fourth-order valence-electron chi connectivity index (χ4n) is 0.850. The molecule has 0 unspecified atom stereocenters. The molecule has 0 spiro atoms. The van der Waals surface area contributed by atoms with Crippen LogP contribution in [-0.2, 0) is 4.74 Å². The SMILES string of the molecule is C[C](C)OC(=O)Nc1ccccc1. The Morgan fingerprint density at radius 2 is 1.85 bits per heavy atom. The maximum absolute atomic E-state index is 11.1. The maximum atomic E-state index is 11.1. The van der Waals surface area contributed by atoms with E-state index in [0.29, 0.717) is 6.10 Å². The largest absolute Gasteiger partial charge is 0.439 e. The first-order chi connectivity index (χ1) is 6.18. The highest BCUT2D eigenvalue weighted by Crippen LogP contribution is 2.07. The normalized spacial score (nSPS) is 9.77. The number of para-hydroxylation sites is 1. The minimum atomic E-state index is -0.453. The van der Waals surface area contributed by atoms with E-state index in [0.717, 1.165) is 5.69 Å². The Morgan fingerprint density at radius 1 is 1.23 bits per heavy atom. The highest BCUT2D eigenvalue weighted by Gasteiger charge is 2.04. The quantitative estimate of drug-likeness (QED) is 0.756. The van der Waals surface area contributed by atoms with Crippen molar-refractivity contribution in [3.63, 3.8) is 0 Å². The molecule has 1 radical (unpaired) electrons. The summed E-state index contributed by atoms with van der Waals surface area (Å²) in [6, 6.07) is 9.17. The third-order valence-corrected chi connectivity index (χ3v) is 1.32. The number of benzene rings is 1. The van der Waals surface area contributed by atoms with Gasteiger partial charge in [-0.2, -0.15) is 0 Å². The summed E-state index contributed by atoms with van der Waals surface area (Å²) in [5, 5.41) is 2.59. The lowest BCUT2D eigenvalue weighted by molar-refractivity contribution is 0.171. The second-order valence-electron chi connectivity index (χ2n) is 2.79. The summed E-state index contributed by atoms with van der Waals surface area (Å²) in [4.78, 5) is 11.1. The summed E-state index contributed by atoms with van der Waals surface area (Å²) in [5.74, 6) is 0. The summed E-state index contributed by atoms with van der Waals surface area (Å²) in [5.41, 5.74) is 0.730. The molecule has 1 amide bonds. The first kappa shape index (κ1) is 9.58. The number of anilines is 1. The molecule has 0 heterocycles. The molecule has 0 fully saturated rings. The van der Waals surface area contributed by atoms with Gasteiger partial charge in [0.05, 0.1) is 0 Å². The molecule has 0 aliphatic rings. The lowest BCUT2D eigenvalue weighted by Crippen LogP contribution is -2.14. The third kappa shape index (κ3) is 3.60. The molecular formula is C10H12NO2. The topological polar surface area (TPSA) is 38.3 Å². The van der Waals surface area contributed by atoms with E-state index in [4.69, 9.17) is 4.74 Å². The Bertz CT molecular complexity index is 270. The van der Waals surface area contributed by atoms with Crippen molar-refractivity contribution in [2.45, 2.75) is 13.8 Å². The third-order valence-electron chi connectivity index (χ3n) is 1.32. The highest BCUT2D eigenvalue weighted by molar-refractivity contribution is 5.84. The van der Waals surface area contributed by atoms with Crippen molar-refractivity contribution in [2.24, 2.45) is 0 Å². The molecule has 0 aromatic heterocycles. The van der Waals surface area contributed by atoms with Crippen LogP contribution in [0.15, 0.2) is 30.3 Å². The number of ether oxygens (including phenoxy) is 1. The molecule has 1 aromatic rings. The van der Waals surface area contributed by atoms with Crippen LogP contribution in [0.25, 0.3) is 0 Å². The van der Waals surface area contributed by atoms with E-state index in [-0.39, 0.29) is 0 Å². The van der Waals surface area contributed by atoms with Crippen molar-refractivity contribution in [1.29, 1.82) is 0 Å². The van der Waals surface area contributed by atoms with Gasteiger partial charge in [-0.1, -0.05) is 18.2 Å². The van der Waals surface area contributed by atoms with Crippen LogP contribution in [0.3, 0.4) is 0 Å². The van der Waals surface area contributed by atoms with Gasteiger partial charge in [0.25, 0.3) is 0 Å². The van der Waals surface area contributed by atoms with E-state index in [2.05, 4.69) is 5.32 Å². The molecule has 0 atom stereocenters. The molecule has 0 saturated carbocycles. The van der Waals surface area contributed by atoms with Gasteiger partial charge in [0, 0.05) is 5.69 Å². The number of carbonyl (C=O) groups is 1. The van der Waals surface area contributed by atoms with Gasteiger partial charge in [-0.15, -0.1) is 0 Å². The summed E-state index contributed by atoms with van der Waals surface area (Å²) < 4.78 is 4.82. The number of rotatable bonds is 2. The van der Waals surface area contributed by atoms with Gasteiger partial charge in [-0.05, 0) is 26.0 Å². The van der Waals surface area contributed by atoms with Crippen LogP contribution in [0.4, 0.5) is 10.5 Å². The zero-order valence-electron chi connectivity index (χ0n) is 7.70. The fourth-order valence-corrected chi connectivity index (χ4v) is 0.850. The Morgan fingerprint density at radius 3 is 2.38 bits per heavy atom. The van der Waals surface area contributed by atoms with Gasteiger partial charge in [0.15, 0.2) is 0 Å².